The SMILES string of the molecule is CC[C@@H](c1nnnn1C1CCCC1)N(Cc1cccs1)Cc1cc2cc(OC)ccc2[nH]c1=O. The number of thiophene rings is 1. The van der Waals surface area contributed by atoms with E-state index in [2.05, 4.69) is 49.8 Å². The molecule has 0 bridgehead atoms. The molecule has 0 spiro atoms. The summed E-state index contributed by atoms with van der Waals surface area (Å²) >= 11 is 1.73. The Morgan fingerprint density at radius 1 is 1.24 bits per heavy atom. The van der Waals surface area contributed by atoms with Gasteiger partial charge in [0.1, 0.15) is 5.75 Å². The lowest BCUT2D eigenvalue weighted by molar-refractivity contribution is 0.159. The number of rotatable bonds is 9. The minimum absolute atomic E-state index is 0.00175. The van der Waals surface area contributed by atoms with E-state index in [1.165, 1.54) is 17.7 Å². The fourth-order valence-corrected chi connectivity index (χ4v) is 5.73. The lowest BCUT2D eigenvalue weighted by Gasteiger charge is -2.30. The Hall–Kier alpha value is -3.04. The molecule has 3 heterocycles. The summed E-state index contributed by atoms with van der Waals surface area (Å²) in [7, 11) is 1.65. The Bertz CT molecular complexity index is 1290. The number of tetrazole rings is 1. The quantitative estimate of drug-likeness (QED) is 0.370. The Balaban J connectivity index is 1.52. The summed E-state index contributed by atoms with van der Waals surface area (Å²) in [5.41, 5.74) is 1.45. The number of H-pyrrole nitrogens is 1. The number of aromatic amines is 1. The number of nitrogens with zero attached hydrogens (tertiary/aromatic N) is 5. The van der Waals surface area contributed by atoms with Crippen molar-refractivity contribution in [1.82, 2.24) is 30.1 Å². The van der Waals surface area contributed by atoms with Crippen molar-refractivity contribution in [1.29, 1.82) is 0 Å². The predicted molar refractivity (Wildman–Crippen MR) is 133 cm³/mol. The van der Waals surface area contributed by atoms with E-state index in [0.717, 1.165) is 53.8 Å². The number of hydrogen-bond acceptors (Lipinski definition) is 7. The van der Waals surface area contributed by atoms with Crippen molar-refractivity contribution in [2.45, 2.75) is 64.2 Å². The molecule has 1 saturated carbocycles. The average molecular weight is 479 g/mol. The summed E-state index contributed by atoms with van der Waals surface area (Å²) in [6, 6.07) is 12.2. The first-order valence-corrected chi connectivity index (χ1v) is 12.8. The second kappa shape index (κ2) is 10.1. The van der Waals surface area contributed by atoms with Crippen LogP contribution in [0.3, 0.4) is 0 Å². The highest BCUT2D eigenvalue weighted by molar-refractivity contribution is 7.09. The molecule has 1 atom stereocenters. The molecule has 3 aromatic heterocycles. The predicted octanol–water partition coefficient (Wildman–Crippen LogP) is 4.85. The molecule has 1 aromatic carbocycles. The third-order valence-electron chi connectivity index (χ3n) is 6.76. The highest BCUT2D eigenvalue weighted by atomic mass is 32.1. The highest BCUT2D eigenvalue weighted by Gasteiger charge is 2.29. The third-order valence-corrected chi connectivity index (χ3v) is 7.62. The van der Waals surface area contributed by atoms with Gasteiger partial charge >= 0.3 is 0 Å². The first kappa shape index (κ1) is 22.7. The molecule has 0 amide bonds. The number of hydrogen-bond donors (Lipinski definition) is 1. The number of aromatic nitrogens is 5. The number of ether oxygens (including phenoxy) is 1. The summed E-state index contributed by atoms with van der Waals surface area (Å²) in [6.07, 6.45) is 5.51. The zero-order valence-corrected chi connectivity index (χ0v) is 20.4. The molecule has 1 aliphatic rings. The van der Waals surface area contributed by atoms with Crippen molar-refractivity contribution >= 4 is 22.2 Å². The van der Waals surface area contributed by atoms with Crippen LogP contribution in [0.4, 0.5) is 0 Å². The molecule has 1 N–H and O–H groups in total. The molecule has 9 heteroatoms. The smallest absolute Gasteiger partial charge is 0.252 e. The van der Waals surface area contributed by atoms with Crippen molar-refractivity contribution in [3.8, 4) is 5.75 Å². The second-order valence-corrected chi connectivity index (χ2v) is 9.94. The fourth-order valence-electron chi connectivity index (χ4n) is 5.01. The number of pyridine rings is 1. The fraction of sp³-hybridized carbons (Fsp3) is 0.440. The molecule has 0 aliphatic heterocycles. The maximum absolute atomic E-state index is 13.0. The minimum atomic E-state index is -0.0703. The van der Waals surface area contributed by atoms with Crippen LogP contribution in [0.25, 0.3) is 10.9 Å². The van der Waals surface area contributed by atoms with Crippen LogP contribution in [0.15, 0.2) is 46.6 Å². The summed E-state index contributed by atoms with van der Waals surface area (Å²) in [4.78, 5) is 19.7. The number of benzene rings is 1. The van der Waals surface area contributed by atoms with Gasteiger partial charge in [-0.2, -0.15) is 0 Å². The van der Waals surface area contributed by atoms with Crippen molar-refractivity contribution < 1.29 is 4.74 Å². The summed E-state index contributed by atoms with van der Waals surface area (Å²) in [5, 5.41) is 16.0. The van der Waals surface area contributed by atoms with Gasteiger partial charge in [0, 0.05) is 34.4 Å². The van der Waals surface area contributed by atoms with Crippen LogP contribution in [-0.4, -0.2) is 37.2 Å². The standard InChI is InChI=1S/C25H30N6O2S/c1-3-23(24-27-28-29-31(24)19-7-4-5-8-19)30(16-21-9-6-12-34-21)15-18-13-17-14-20(33-2)10-11-22(17)26-25(18)32/h6,9-14,19,23H,3-5,7-8,15-16H2,1-2H3,(H,26,32)/t23-/m0/s1. The minimum Gasteiger partial charge on any atom is -0.497 e. The molecule has 1 fully saturated rings. The lowest BCUT2D eigenvalue weighted by atomic mass is 10.1. The maximum Gasteiger partial charge on any atom is 0.252 e. The monoisotopic (exact) mass is 478 g/mol. The van der Waals surface area contributed by atoms with E-state index < -0.39 is 0 Å². The Labute approximate surface area is 202 Å². The Morgan fingerprint density at radius 2 is 2.09 bits per heavy atom. The molecule has 0 unspecified atom stereocenters. The van der Waals surface area contributed by atoms with Crippen LogP contribution < -0.4 is 10.3 Å². The van der Waals surface area contributed by atoms with E-state index in [-0.39, 0.29) is 11.6 Å². The topological polar surface area (TPSA) is 88.9 Å². The molecule has 4 aromatic rings. The molecule has 0 saturated heterocycles. The number of nitrogens with one attached hydrogen (secondary N) is 1. The van der Waals surface area contributed by atoms with Gasteiger partial charge < -0.3 is 9.72 Å². The number of methoxy groups -OCH3 is 1. The summed E-state index contributed by atoms with van der Waals surface area (Å²) < 4.78 is 7.42. The molecule has 0 radical (unpaired) electrons. The molecular formula is C25H30N6O2S. The van der Waals surface area contributed by atoms with Crippen LogP contribution in [0.5, 0.6) is 5.75 Å². The van der Waals surface area contributed by atoms with E-state index in [0.29, 0.717) is 12.6 Å². The summed E-state index contributed by atoms with van der Waals surface area (Å²) in [5.74, 6) is 1.66. The zero-order chi connectivity index (χ0) is 23.5. The molecule has 5 rings (SSSR count). The van der Waals surface area contributed by atoms with Crippen LogP contribution in [0, 0.1) is 0 Å². The van der Waals surface area contributed by atoms with Crippen molar-refractivity contribution in [3.05, 3.63) is 68.4 Å². The Morgan fingerprint density at radius 3 is 2.82 bits per heavy atom. The van der Waals surface area contributed by atoms with Gasteiger partial charge in [-0.05, 0) is 65.4 Å². The molecule has 8 nitrogen and oxygen atoms in total. The first-order valence-electron chi connectivity index (χ1n) is 11.9. The third kappa shape index (κ3) is 4.63. The van der Waals surface area contributed by atoms with Crippen molar-refractivity contribution in [3.63, 3.8) is 0 Å². The average Bonchev–Trinajstić information content (AvgIpc) is 3.62. The second-order valence-electron chi connectivity index (χ2n) is 8.91. The van der Waals surface area contributed by atoms with Gasteiger partial charge in [-0.1, -0.05) is 25.8 Å². The lowest BCUT2D eigenvalue weighted by Crippen LogP contribution is -2.32. The van der Waals surface area contributed by atoms with Crippen LogP contribution >= 0.6 is 11.3 Å². The van der Waals surface area contributed by atoms with Crippen LogP contribution in [-0.2, 0) is 13.1 Å². The van der Waals surface area contributed by atoms with Crippen LogP contribution in [0.2, 0.25) is 0 Å². The number of fused-ring (bicyclic) bond motifs is 1. The zero-order valence-electron chi connectivity index (χ0n) is 19.6. The van der Waals surface area contributed by atoms with Gasteiger partial charge in [0.15, 0.2) is 5.82 Å². The highest BCUT2D eigenvalue weighted by Crippen LogP contribution is 2.34. The normalized spacial score (nSPS) is 15.4. The largest absolute Gasteiger partial charge is 0.497 e. The van der Waals surface area contributed by atoms with Crippen LogP contribution in [0.1, 0.15) is 67.4 Å². The van der Waals surface area contributed by atoms with Crippen molar-refractivity contribution in [2.75, 3.05) is 7.11 Å². The molecule has 1 aliphatic carbocycles. The van der Waals surface area contributed by atoms with E-state index in [4.69, 9.17) is 4.74 Å². The van der Waals surface area contributed by atoms with Gasteiger partial charge in [-0.15, -0.1) is 16.4 Å². The summed E-state index contributed by atoms with van der Waals surface area (Å²) in [6.45, 7) is 3.38. The van der Waals surface area contributed by atoms with E-state index in [1.54, 1.807) is 18.4 Å². The van der Waals surface area contributed by atoms with Gasteiger partial charge in [0.25, 0.3) is 5.56 Å². The van der Waals surface area contributed by atoms with Gasteiger partial charge in [0.05, 0.1) is 19.2 Å². The van der Waals surface area contributed by atoms with Gasteiger partial charge in [-0.3, -0.25) is 9.69 Å². The Kier molecular flexibility index (Phi) is 6.73. The molecular weight excluding hydrogens is 448 g/mol. The van der Waals surface area contributed by atoms with Gasteiger partial charge in [-0.25, -0.2) is 4.68 Å². The first-order chi connectivity index (χ1) is 16.7. The van der Waals surface area contributed by atoms with E-state index in [9.17, 15) is 4.79 Å². The van der Waals surface area contributed by atoms with E-state index in [1.807, 2.05) is 28.9 Å². The molecule has 34 heavy (non-hydrogen) atoms. The molecule has 178 valence electrons. The van der Waals surface area contributed by atoms with Crippen molar-refractivity contribution in [2.24, 2.45) is 0 Å². The van der Waals surface area contributed by atoms with E-state index >= 15 is 0 Å². The van der Waals surface area contributed by atoms with Gasteiger partial charge in [0.2, 0.25) is 0 Å². The maximum atomic E-state index is 13.0.